The van der Waals surface area contributed by atoms with Gasteiger partial charge in [-0.2, -0.15) is 0 Å². The van der Waals surface area contributed by atoms with Crippen LogP contribution in [0.15, 0.2) is 18.2 Å². The molecule has 2 N–H and O–H groups in total. The molecule has 2 fully saturated rings. The van der Waals surface area contributed by atoms with Crippen molar-refractivity contribution in [3.63, 3.8) is 0 Å². The van der Waals surface area contributed by atoms with Gasteiger partial charge in [-0.3, -0.25) is 4.79 Å². The van der Waals surface area contributed by atoms with Gasteiger partial charge in [-0.15, -0.1) is 0 Å². The van der Waals surface area contributed by atoms with Gasteiger partial charge < -0.3 is 15.4 Å². The Bertz CT molecular complexity index is 534. The molecule has 1 aliphatic heterocycles. The van der Waals surface area contributed by atoms with Crippen LogP contribution in [0.4, 0.5) is 0 Å². The normalized spacial score (nSPS) is 27.7. The van der Waals surface area contributed by atoms with Crippen molar-refractivity contribution in [2.45, 2.75) is 38.1 Å². The van der Waals surface area contributed by atoms with E-state index >= 15 is 0 Å². The molecule has 2 heterocycles. The highest BCUT2D eigenvalue weighted by molar-refractivity contribution is 5.79. The monoisotopic (exact) mass is 289 g/mol. The van der Waals surface area contributed by atoms with Crippen molar-refractivity contribution < 1.29 is 9.53 Å². The number of hydrogen-bond donors (Lipinski definition) is 1. The Morgan fingerprint density at radius 1 is 1.57 bits per heavy atom. The van der Waals surface area contributed by atoms with Gasteiger partial charge in [-0.1, -0.05) is 12.5 Å². The zero-order valence-corrected chi connectivity index (χ0v) is 12.5. The summed E-state index contributed by atoms with van der Waals surface area (Å²) in [6, 6.07) is 5.56. The maximum Gasteiger partial charge on any atom is 0.228 e. The molecule has 1 aromatic heterocycles. The first-order valence-corrected chi connectivity index (χ1v) is 7.76. The minimum absolute atomic E-state index is 0.121. The van der Waals surface area contributed by atoms with Crippen LogP contribution in [0.1, 0.15) is 31.9 Å². The molecule has 1 amide bonds. The minimum Gasteiger partial charge on any atom is -0.478 e. The largest absolute Gasteiger partial charge is 0.478 e. The Kier molecular flexibility index (Phi) is 3.85. The van der Waals surface area contributed by atoms with Gasteiger partial charge in [0, 0.05) is 24.7 Å². The van der Waals surface area contributed by atoms with Gasteiger partial charge in [0.15, 0.2) is 0 Å². The fourth-order valence-corrected chi connectivity index (χ4v) is 3.58. The van der Waals surface area contributed by atoms with Crippen molar-refractivity contribution in [2.24, 2.45) is 11.7 Å². The molecule has 3 rings (SSSR count). The topological polar surface area (TPSA) is 68.5 Å². The summed E-state index contributed by atoms with van der Waals surface area (Å²) in [6.07, 6.45) is 3.71. The van der Waals surface area contributed by atoms with Crippen molar-refractivity contribution in [1.29, 1.82) is 0 Å². The van der Waals surface area contributed by atoms with Gasteiger partial charge in [0.25, 0.3) is 0 Å². The highest BCUT2D eigenvalue weighted by atomic mass is 16.5. The van der Waals surface area contributed by atoms with Crippen LogP contribution in [-0.4, -0.2) is 41.0 Å². The molecule has 1 aliphatic carbocycles. The molecule has 2 unspecified atom stereocenters. The second-order valence-corrected chi connectivity index (χ2v) is 6.17. The molecule has 0 radical (unpaired) electrons. The number of rotatable bonds is 4. The van der Waals surface area contributed by atoms with Crippen LogP contribution in [0.25, 0.3) is 0 Å². The summed E-state index contributed by atoms with van der Waals surface area (Å²) in [5.41, 5.74) is 7.04. The Morgan fingerprint density at radius 2 is 2.43 bits per heavy atom. The van der Waals surface area contributed by atoms with Gasteiger partial charge in [0.2, 0.25) is 11.8 Å². The second kappa shape index (κ2) is 5.64. The lowest BCUT2D eigenvalue weighted by atomic mass is 9.92. The van der Waals surface area contributed by atoms with Crippen LogP contribution in [0, 0.1) is 5.92 Å². The molecule has 0 aromatic carbocycles. The Balaban J connectivity index is 1.63. The number of likely N-dealkylation sites (tertiary alicyclic amines) is 1. The summed E-state index contributed by atoms with van der Waals surface area (Å²) in [5.74, 6) is 1.18. The van der Waals surface area contributed by atoms with E-state index in [0.29, 0.717) is 31.4 Å². The number of nitrogens with two attached hydrogens (primary N) is 1. The van der Waals surface area contributed by atoms with Gasteiger partial charge in [-0.25, -0.2) is 4.98 Å². The summed E-state index contributed by atoms with van der Waals surface area (Å²) in [5, 5.41) is 0. The van der Waals surface area contributed by atoms with Gasteiger partial charge in [-0.05, 0) is 31.7 Å². The van der Waals surface area contributed by atoms with E-state index in [1.807, 2.05) is 30.0 Å². The van der Waals surface area contributed by atoms with Crippen molar-refractivity contribution in [3.05, 3.63) is 23.9 Å². The first-order valence-electron chi connectivity index (χ1n) is 7.76. The van der Waals surface area contributed by atoms with E-state index in [-0.39, 0.29) is 11.4 Å². The zero-order chi connectivity index (χ0) is 14.9. The molecule has 21 heavy (non-hydrogen) atoms. The smallest absolute Gasteiger partial charge is 0.228 e. The molecule has 1 saturated carbocycles. The molecule has 2 aliphatic rings. The maximum atomic E-state index is 12.4. The third-order valence-corrected chi connectivity index (χ3v) is 4.69. The zero-order valence-electron chi connectivity index (χ0n) is 12.5. The van der Waals surface area contributed by atoms with Crippen molar-refractivity contribution in [3.8, 4) is 5.88 Å². The van der Waals surface area contributed by atoms with E-state index in [1.165, 1.54) is 6.42 Å². The summed E-state index contributed by atoms with van der Waals surface area (Å²) < 4.78 is 5.37. The number of carbonyl (C=O) groups excluding carboxylic acids is 1. The first kappa shape index (κ1) is 14.3. The average molecular weight is 289 g/mol. The molecular formula is C16H23N3O2. The summed E-state index contributed by atoms with van der Waals surface area (Å²) >= 11 is 0. The lowest BCUT2D eigenvalue weighted by Crippen LogP contribution is -2.45. The minimum atomic E-state index is -0.143. The van der Waals surface area contributed by atoms with Crippen molar-refractivity contribution in [1.82, 2.24) is 9.88 Å². The standard InChI is InChI=1S/C16H23N3O2/c1-2-21-14-7-3-6-13(18-14)9-15(20)19-10-12-5-4-8-16(12,17)11-19/h3,6-7,12H,2,4-5,8-11,17H2,1H3. The maximum absolute atomic E-state index is 12.4. The van der Waals surface area contributed by atoms with Crippen LogP contribution in [0.3, 0.4) is 0 Å². The third-order valence-electron chi connectivity index (χ3n) is 4.69. The fraction of sp³-hybridized carbons (Fsp3) is 0.625. The van der Waals surface area contributed by atoms with Crippen molar-refractivity contribution >= 4 is 5.91 Å². The lowest BCUT2D eigenvalue weighted by Gasteiger charge is -2.23. The number of carbonyl (C=O) groups is 1. The number of amides is 1. The Morgan fingerprint density at radius 3 is 3.19 bits per heavy atom. The summed E-state index contributed by atoms with van der Waals surface area (Å²) in [7, 11) is 0. The van der Waals surface area contributed by atoms with Crippen LogP contribution in [0.2, 0.25) is 0 Å². The number of ether oxygens (including phenoxy) is 1. The van der Waals surface area contributed by atoms with Gasteiger partial charge >= 0.3 is 0 Å². The molecule has 1 aromatic rings. The number of hydrogen-bond acceptors (Lipinski definition) is 4. The highest BCUT2D eigenvalue weighted by Crippen LogP contribution is 2.39. The number of pyridine rings is 1. The fourth-order valence-electron chi connectivity index (χ4n) is 3.58. The molecular weight excluding hydrogens is 266 g/mol. The van der Waals surface area contributed by atoms with Crippen molar-refractivity contribution in [2.75, 3.05) is 19.7 Å². The van der Waals surface area contributed by atoms with E-state index in [2.05, 4.69) is 4.98 Å². The Hall–Kier alpha value is -1.62. The molecule has 1 saturated heterocycles. The first-order chi connectivity index (χ1) is 10.1. The van der Waals surface area contributed by atoms with E-state index in [1.54, 1.807) is 0 Å². The lowest BCUT2D eigenvalue weighted by molar-refractivity contribution is -0.129. The molecule has 5 nitrogen and oxygen atoms in total. The van der Waals surface area contributed by atoms with Crippen LogP contribution in [0.5, 0.6) is 5.88 Å². The van der Waals surface area contributed by atoms with E-state index in [9.17, 15) is 4.79 Å². The average Bonchev–Trinajstić information content (AvgIpc) is 2.94. The van der Waals surface area contributed by atoms with Gasteiger partial charge in [0.1, 0.15) is 0 Å². The molecule has 2 atom stereocenters. The predicted octanol–water partition coefficient (Wildman–Crippen LogP) is 1.36. The van der Waals surface area contributed by atoms with Crippen LogP contribution < -0.4 is 10.5 Å². The quantitative estimate of drug-likeness (QED) is 0.909. The SMILES string of the molecule is CCOc1cccc(CC(=O)N2CC3CCCC3(N)C2)n1. The molecule has 0 spiro atoms. The molecule has 5 heteroatoms. The van der Waals surface area contributed by atoms with Gasteiger partial charge in [0.05, 0.1) is 18.7 Å². The van der Waals surface area contributed by atoms with Crippen LogP contribution in [-0.2, 0) is 11.2 Å². The molecule has 0 bridgehead atoms. The summed E-state index contributed by atoms with van der Waals surface area (Å²) in [4.78, 5) is 18.7. The summed E-state index contributed by atoms with van der Waals surface area (Å²) in [6.45, 7) is 4.00. The second-order valence-electron chi connectivity index (χ2n) is 6.17. The number of aromatic nitrogens is 1. The highest BCUT2D eigenvalue weighted by Gasteiger charge is 2.47. The third kappa shape index (κ3) is 2.88. The van der Waals surface area contributed by atoms with E-state index in [0.717, 1.165) is 25.1 Å². The number of fused-ring (bicyclic) bond motifs is 1. The van der Waals surface area contributed by atoms with Crippen LogP contribution >= 0.6 is 0 Å². The molecule has 114 valence electrons. The Labute approximate surface area is 125 Å². The van der Waals surface area contributed by atoms with E-state index < -0.39 is 0 Å². The van der Waals surface area contributed by atoms with E-state index in [4.69, 9.17) is 10.5 Å². The number of nitrogens with zero attached hydrogens (tertiary/aromatic N) is 2. The predicted molar refractivity (Wildman–Crippen MR) is 79.9 cm³/mol.